The number of benzene rings is 1. The van der Waals surface area contributed by atoms with Crippen LogP contribution >= 0.6 is 0 Å². The summed E-state index contributed by atoms with van der Waals surface area (Å²) >= 11 is 0. The van der Waals surface area contributed by atoms with Gasteiger partial charge in [0.25, 0.3) is 0 Å². The molecule has 0 N–H and O–H groups in total. The SMILES string of the molecule is CC(C)Cc1cccc2ncncc12. The molecule has 0 atom stereocenters. The van der Waals surface area contributed by atoms with Gasteiger partial charge in [0.1, 0.15) is 6.33 Å². The van der Waals surface area contributed by atoms with Crippen LogP contribution in [0.5, 0.6) is 0 Å². The van der Waals surface area contributed by atoms with Gasteiger partial charge in [0, 0.05) is 11.6 Å². The van der Waals surface area contributed by atoms with Crippen LogP contribution in [-0.4, -0.2) is 9.97 Å². The predicted octanol–water partition coefficient (Wildman–Crippen LogP) is 2.83. The van der Waals surface area contributed by atoms with Crippen LogP contribution in [-0.2, 0) is 6.42 Å². The molecule has 2 aromatic rings. The van der Waals surface area contributed by atoms with Crippen molar-refractivity contribution in [1.29, 1.82) is 0 Å². The Balaban J connectivity index is 2.53. The minimum absolute atomic E-state index is 0.667. The third kappa shape index (κ3) is 1.74. The van der Waals surface area contributed by atoms with Crippen molar-refractivity contribution in [2.75, 3.05) is 0 Å². The topological polar surface area (TPSA) is 25.8 Å². The fraction of sp³-hybridized carbons (Fsp3) is 0.333. The molecule has 0 saturated heterocycles. The van der Waals surface area contributed by atoms with E-state index in [4.69, 9.17) is 0 Å². The number of hydrogen-bond donors (Lipinski definition) is 0. The van der Waals surface area contributed by atoms with Gasteiger partial charge >= 0.3 is 0 Å². The Morgan fingerprint density at radius 2 is 2.14 bits per heavy atom. The molecule has 1 aromatic heterocycles. The minimum atomic E-state index is 0.667. The average molecular weight is 186 g/mol. The van der Waals surface area contributed by atoms with E-state index in [0.717, 1.165) is 11.9 Å². The summed E-state index contributed by atoms with van der Waals surface area (Å²) in [7, 11) is 0. The molecule has 0 fully saturated rings. The predicted molar refractivity (Wildman–Crippen MR) is 58.1 cm³/mol. The molecule has 1 heterocycles. The standard InChI is InChI=1S/C12H14N2/c1-9(2)6-10-4-3-5-12-11(10)7-13-8-14-12/h3-5,7-9H,6H2,1-2H3. The van der Waals surface area contributed by atoms with Gasteiger partial charge in [0.2, 0.25) is 0 Å². The molecule has 0 bridgehead atoms. The van der Waals surface area contributed by atoms with Crippen molar-refractivity contribution in [3.63, 3.8) is 0 Å². The molecule has 0 saturated carbocycles. The van der Waals surface area contributed by atoms with Crippen LogP contribution in [0.4, 0.5) is 0 Å². The zero-order valence-corrected chi connectivity index (χ0v) is 8.57. The van der Waals surface area contributed by atoms with Crippen molar-refractivity contribution in [2.45, 2.75) is 20.3 Å². The normalized spacial score (nSPS) is 11.1. The second kappa shape index (κ2) is 3.74. The molecule has 1 aromatic carbocycles. The van der Waals surface area contributed by atoms with Crippen molar-refractivity contribution < 1.29 is 0 Å². The Labute approximate surface area is 84.0 Å². The molecule has 72 valence electrons. The lowest BCUT2D eigenvalue weighted by Crippen LogP contribution is -1.95. The smallest absolute Gasteiger partial charge is 0.116 e. The average Bonchev–Trinajstić information content (AvgIpc) is 2.18. The molecule has 0 aliphatic carbocycles. The van der Waals surface area contributed by atoms with Gasteiger partial charge in [-0.05, 0) is 24.0 Å². The maximum Gasteiger partial charge on any atom is 0.116 e. The fourth-order valence-corrected chi connectivity index (χ4v) is 1.68. The highest BCUT2D eigenvalue weighted by Gasteiger charge is 2.03. The summed E-state index contributed by atoms with van der Waals surface area (Å²) in [5.74, 6) is 0.667. The van der Waals surface area contributed by atoms with Crippen LogP contribution < -0.4 is 0 Å². The Bertz CT molecular complexity index is 430. The molecule has 2 heteroatoms. The van der Waals surface area contributed by atoms with Gasteiger partial charge in [-0.15, -0.1) is 0 Å². The van der Waals surface area contributed by atoms with E-state index in [1.165, 1.54) is 10.9 Å². The fourth-order valence-electron chi connectivity index (χ4n) is 1.68. The van der Waals surface area contributed by atoms with Gasteiger partial charge in [-0.25, -0.2) is 9.97 Å². The van der Waals surface area contributed by atoms with Crippen LogP contribution in [0.3, 0.4) is 0 Å². The summed E-state index contributed by atoms with van der Waals surface area (Å²) in [6.45, 7) is 4.45. The first-order valence-corrected chi connectivity index (χ1v) is 4.95. The molecule has 0 radical (unpaired) electrons. The van der Waals surface area contributed by atoms with E-state index in [2.05, 4.69) is 35.9 Å². The highest BCUT2D eigenvalue weighted by Crippen LogP contribution is 2.18. The zero-order valence-electron chi connectivity index (χ0n) is 8.57. The third-order valence-electron chi connectivity index (χ3n) is 2.27. The summed E-state index contributed by atoms with van der Waals surface area (Å²) < 4.78 is 0. The second-order valence-electron chi connectivity index (χ2n) is 3.97. The number of nitrogens with zero attached hydrogens (tertiary/aromatic N) is 2. The van der Waals surface area contributed by atoms with E-state index in [9.17, 15) is 0 Å². The number of aromatic nitrogens is 2. The van der Waals surface area contributed by atoms with Gasteiger partial charge in [0.05, 0.1) is 5.52 Å². The summed E-state index contributed by atoms with van der Waals surface area (Å²) in [5, 5.41) is 1.18. The summed E-state index contributed by atoms with van der Waals surface area (Å²) in [5.41, 5.74) is 2.39. The van der Waals surface area contributed by atoms with Crippen molar-refractivity contribution in [1.82, 2.24) is 9.97 Å². The van der Waals surface area contributed by atoms with E-state index in [-0.39, 0.29) is 0 Å². The van der Waals surface area contributed by atoms with Crippen molar-refractivity contribution >= 4 is 10.9 Å². The largest absolute Gasteiger partial charge is 0.244 e. The van der Waals surface area contributed by atoms with Crippen LogP contribution in [0.25, 0.3) is 10.9 Å². The maximum atomic E-state index is 4.24. The number of rotatable bonds is 2. The quantitative estimate of drug-likeness (QED) is 0.720. The molecule has 0 aliphatic rings. The molecule has 0 aliphatic heterocycles. The van der Waals surface area contributed by atoms with Gasteiger partial charge in [-0.1, -0.05) is 26.0 Å². The molecule has 0 unspecified atom stereocenters. The molecule has 14 heavy (non-hydrogen) atoms. The number of fused-ring (bicyclic) bond motifs is 1. The van der Waals surface area contributed by atoms with Gasteiger partial charge in [-0.3, -0.25) is 0 Å². The lowest BCUT2D eigenvalue weighted by atomic mass is 10.00. The minimum Gasteiger partial charge on any atom is -0.244 e. The first-order chi connectivity index (χ1) is 6.77. The molecular weight excluding hydrogens is 172 g/mol. The third-order valence-corrected chi connectivity index (χ3v) is 2.27. The second-order valence-corrected chi connectivity index (χ2v) is 3.97. The summed E-state index contributed by atoms with van der Waals surface area (Å²) in [4.78, 5) is 8.31. The van der Waals surface area contributed by atoms with Crippen molar-refractivity contribution in [2.24, 2.45) is 5.92 Å². The number of hydrogen-bond acceptors (Lipinski definition) is 2. The Morgan fingerprint density at radius 3 is 2.93 bits per heavy atom. The molecule has 2 nitrogen and oxygen atoms in total. The Morgan fingerprint density at radius 1 is 1.29 bits per heavy atom. The zero-order chi connectivity index (χ0) is 9.97. The molecule has 0 spiro atoms. The molecule has 2 rings (SSSR count). The van der Waals surface area contributed by atoms with E-state index in [1.54, 1.807) is 6.33 Å². The van der Waals surface area contributed by atoms with E-state index >= 15 is 0 Å². The van der Waals surface area contributed by atoms with Crippen LogP contribution in [0.15, 0.2) is 30.7 Å². The first kappa shape index (κ1) is 9.13. The summed E-state index contributed by atoms with van der Waals surface area (Å²) in [6.07, 6.45) is 4.59. The lowest BCUT2D eigenvalue weighted by molar-refractivity contribution is 0.650. The maximum absolute atomic E-state index is 4.24. The van der Waals surface area contributed by atoms with Crippen molar-refractivity contribution in [3.05, 3.63) is 36.3 Å². The van der Waals surface area contributed by atoms with Crippen LogP contribution in [0.2, 0.25) is 0 Å². The van der Waals surface area contributed by atoms with E-state index in [1.807, 2.05) is 12.3 Å². The lowest BCUT2D eigenvalue weighted by Gasteiger charge is -2.07. The van der Waals surface area contributed by atoms with Gasteiger partial charge in [0.15, 0.2) is 0 Å². The first-order valence-electron chi connectivity index (χ1n) is 4.95. The van der Waals surface area contributed by atoms with Gasteiger partial charge < -0.3 is 0 Å². The van der Waals surface area contributed by atoms with E-state index < -0.39 is 0 Å². The van der Waals surface area contributed by atoms with Gasteiger partial charge in [-0.2, -0.15) is 0 Å². The molecule has 0 amide bonds. The Kier molecular flexibility index (Phi) is 2.44. The van der Waals surface area contributed by atoms with Crippen LogP contribution in [0, 0.1) is 5.92 Å². The highest BCUT2D eigenvalue weighted by atomic mass is 14.8. The Hall–Kier alpha value is -1.44. The molecular formula is C12H14N2. The van der Waals surface area contributed by atoms with Crippen LogP contribution in [0.1, 0.15) is 19.4 Å². The van der Waals surface area contributed by atoms with E-state index in [0.29, 0.717) is 5.92 Å². The van der Waals surface area contributed by atoms with Crippen molar-refractivity contribution in [3.8, 4) is 0 Å². The monoisotopic (exact) mass is 186 g/mol. The summed E-state index contributed by atoms with van der Waals surface area (Å²) in [6, 6.07) is 6.25. The highest BCUT2D eigenvalue weighted by molar-refractivity contribution is 5.81.